The molecule has 2 aromatic rings. The highest BCUT2D eigenvalue weighted by atomic mass is 16.5. The van der Waals surface area contributed by atoms with Crippen LogP contribution in [0.2, 0.25) is 0 Å². The van der Waals surface area contributed by atoms with Crippen LogP contribution in [0.1, 0.15) is 42.3 Å². The van der Waals surface area contributed by atoms with Gasteiger partial charge in [-0.05, 0) is 51.8 Å². The summed E-state index contributed by atoms with van der Waals surface area (Å²) in [7, 11) is 0. The average molecular weight is 344 g/mol. The van der Waals surface area contributed by atoms with Gasteiger partial charge in [-0.15, -0.1) is 0 Å². The molecule has 136 valence electrons. The summed E-state index contributed by atoms with van der Waals surface area (Å²) in [4.78, 5) is 9.00. The summed E-state index contributed by atoms with van der Waals surface area (Å²) in [6, 6.07) is 6.16. The third kappa shape index (κ3) is 5.52. The maximum atomic E-state index is 5.59. The summed E-state index contributed by atoms with van der Waals surface area (Å²) in [5.41, 5.74) is 3.18. The van der Waals surface area contributed by atoms with E-state index in [4.69, 9.17) is 9.15 Å². The largest absolute Gasteiger partial charge is 0.494 e. The number of aryl methyl sites for hydroxylation is 3. The Balaban J connectivity index is 2.00. The predicted molar refractivity (Wildman–Crippen MR) is 100.0 cm³/mol. The van der Waals surface area contributed by atoms with Crippen LogP contribution in [0.5, 0.6) is 5.75 Å². The molecule has 0 atom stereocenters. The number of oxazole rings is 1. The van der Waals surface area contributed by atoms with Crippen molar-refractivity contribution in [2.45, 2.75) is 47.7 Å². The van der Waals surface area contributed by atoms with E-state index < -0.39 is 0 Å². The number of aliphatic imine (C=N–C) groups is 1. The standard InChI is InChI=1S/C19H28N4O2/c1-6-20-19(22-12-18-23-14(4)15(5)25-18)21-11-16-8-9-17(24-7-2)13(3)10-16/h8-10H,6-7,11-12H2,1-5H3,(H2,20,21,22). The minimum atomic E-state index is 0.503. The van der Waals surface area contributed by atoms with E-state index >= 15 is 0 Å². The summed E-state index contributed by atoms with van der Waals surface area (Å²) < 4.78 is 11.2. The van der Waals surface area contributed by atoms with Crippen LogP contribution in [-0.4, -0.2) is 24.1 Å². The van der Waals surface area contributed by atoms with Crippen molar-refractivity contribution < 1.29 is 9.15 Å². The second-order valence-electron chi connectivity index (χ2n) is 5.83. The van der Waals surface area contributed by atoms with E-state index in [0.29, 0.717) is 25.6 Å². The summed E-state index contributed by atoms with van der Waals surface area (Å²) in [5.74, 6) is 3.18. The quantitative estimate of drug-likeness (QED) is 0.596. The molecule has 1 aromatic carbocycles. The van der Waals surface area contributed by atoms with Gasteiger partial charge in [-0.3, -0.25) is 0 Å². The summed E-state index contributed by atoms with van der Waals surface area (Å²) in [5, 5.41) is 6.49. The number of nitrogens with zero attached hydrogens (tertiary/aromatic N) is 2. The Hall–Kier alpha value is -2.50. The van der Waals surface area contributed by atoms with E-state index in [1.54, 1.807) is 0 Å². The van der Waals surface area contributed by atoms with Crippen LogP contribution in [0.25, 0.3) is 0 Å². The molecule has 0 amide bonds. The third-order valence-corrected chi connectivity index (χ3v) is 3.78. The Kier molecular flexibility index (Phi) is 6.86. The van der Waals surface area contributed by atoms with Gasteiger partial charge < -0.3 is 19.8 Å². The second-order valence-corrected chi connectivity index (χ2v) is 5.83. The number of benzene rings is 1. The van der Waals surface area contributed by atoms with Gasteiger partial charge >= 0.3 is 0 Å². The van der Waals surface area contributed by atoms with E-state index in [2.05, 4.69) is 33.6 Å². The molecule has 0 saturated carbocycles. The van der Waals surface area contributed by atoms with Gasteiger partial charge in [-0.25, -0.2) is 9.98 Å². The van der Waals surface area contributed by atoms with Gasteiger partial charge in [0, 0.05) is 6.54 Å². The number of rotatable bonds is 7. The van der Waals surface area contributed by atoms with E-state index in [0.717, 1.165) is 40.8 Å². The van der Waals surface area contributed by atoms with Crippen LogP contribution in [-0.2, 0) is 13.1 Å². The highest BCUT2D eigenvalue weighted by molar-refractivity contribution is 5.79. The van der Waals surface area contributed by atoms with Crippen LogP contribution < -0.4 is 15.4 Å². The van der Waals surface area contributed by atoms with Crippen molar-refractivity contribution in [3.05, 3.63) is 46.7 Å². The van der Waals surface area contributed by atoms with Gasteiger partial charge in [0.1, 0.15) is 11.5 Å². The molecule has 0 aliphatic heterocycles. The minimum Gasteiger partial charge on any atom is -0.494 e. The first kappa shape index (κ1) is 18.8. The highest BCUT2D eigenvalue weighted by Gasteiger charge is 2.06. The fraction of sp³-hybridized carbons (Fsp3) is 0.474. The van der Waals surface area contributed by atoms with Crippen molar-refractivity contribution in [3.8, 4) is 5.75 Å². The number of hydrogen-bond acceptors (Lipinski definition) is 4. The lowest BCUT2D eigenvalue weighted by molar-refractivity contribution is 0.338. The lowest BCUT2D eigenvalue weighted by Gasteiger charge is -2.11. The predicted octanol–water partition coefficient (Wildman–Crippen LogP) is 3.25. The van der Waals surface area contributed by atoms with Gasteiger partial charge in [0.15, 0.2) is 5.96 Å². The smallest absolute Gasteiger partial charge is 0.214 e. The van der Waals surface area contributed by atoms with E-state index in [9.17, 15) is 0 Å². The first-order valence-corrected chi connectivity index (χ1v) is 8.70. The Morgan fingerprint density at radius 1 is 1.20 bits per heavy atom. The number of aromatic nitrogens is 1. The molecule has 0 saturated heterocycles. The maximum Gasteiger partial charge on any atom is 0.214 e. The van der Waals surface area contributed by atoms with Crippen LogP contribution in [0.4, 0.5) is 0 Å². The molecule has 1 heterocycles. The monoisotopic (exact) mass is 344 g/mol. The molecule has 0 fully saturated rings. The Morgan fingerprint density at radius 3 is 2.60 bits per heavy atom. The third-order valence-electron chi connectivity index (χ3n) is 3.78. The minimum absolute atomic E-state index is 0.503. The number of ether oxygens (including phenoxy) is 1. The van der Waals surface area contributed by atoms with Crippen LogP contribution in [0.3, 0.4) is 0 Å². The first-order chi connectivity index (χ1) is 12.0. The second kappa shape index (κ2) is 9.11. The molecule has 2 rings (SSSR count). The lowest BCUT2D eigenvalue weighted by Crippen LogP contribution is -2.36. The number of hydrogen-bond donors (Lipinski definition) is 2. The Morgan fingerprint density at radius 2 is 2.00 bits per heavy atom. The van der Waals surface area contributed by atoms with Gasteiger partial charge in [-0.1, -0.05) is 12.1 Å². The van der Waals surface area contributed by atoms with Crippen molar-refractivity contribution >= 4 is 5.96 Å². The molecule has 0 aliphatic carbocycles. The van der Waals surface area contributed by atoms with E-state index in [1.165, 1.54) is 0 Å². The van der Waals surface area contributed by atoms with Crippen molar-refractivity contribution in [2.75, 3.05) is 13.2 Å². The molecule has 0 bridgehead atoms. The van der Waals surface area contributed by atoms with Crippen LogP contribution in [0.15, 0.2) is 27.6 Å². The van der Waals surface area contributed by atoms with Gasteiger partial charge in [0.05, 0.1) is 25.4 Å². The van der Waals surface area contributed by atoms with Gasteiger partial charge in [0.2, 0.25) is 5.89 Å². The number of nitrogens with one attached hydrogen (secondary N) is 2. The molecular weight excluding hydrogens is 316 g/mol. The maximum absolute atomic E-state index is 5.59. The van der Waals surface area contributed by atoms with E-state index in [-0.39, 0.29) is 0 Å². The molecule has 1 aromatic heterocycles. The zero-order valence-corrected chi connectivity index (χ0v) is 15.8. The van der Waals surface area contributed by atoms with Crippen LogP contribution >= 0.6 is 0 Å². The molecule has 0 spiro atoms. The average Bonchev–Trinajstić information content (AvgIpc) is 2.91. The first-order valence-electron chi connectivity index (χ1n) is 8.70. The zero-order chi connectivity index (χ0) is 18.2. The topological polar surface area (TPSA) is 71.7 Å². The SMILES string of the molecule is CCNC(=NCc1ccc(OCC)c(C)c1)NCc1nc(C)c(C)o1. The van der Waals surface area contributed by atoms with Crippen LogP contribution in [0, 0.1) is 20.8 Å². The fourth-order valence-electron chi connectivity index (χ4n) is 2.41. The van der Waals surface area contributed by atoms with Crippen molar-refractivity contribution in [1.82, 2.24) is 15.6 Å². The molecule has 6 nitrogen and oxygen atoms in total. The summed E-state index contributed by atoms with van der Waals surface area (Å²) in [6.45, 7) is 12.5. The Bertz CT molecular complexity index is 703. The molecule has 0 unspecified atom stereocenters. The lowest BCUT2D eigenvalue weighted by atomic mass is 10.1. The zero-order valence-electron chi connectivity index (χ0n) is 15.8. The summed E-state index contributed by atoms with van der Waals surface area (Å²) >= 11 is 0. The molecule has 6 heteroatoms. The van der Waals surface area contributed by atoms with Crippen molar-refractivity contribution in [1.29, 1.82) is 0 Å². The van der Waals surface area contributed by atoms with E-state index in [1.807, 2.05) is 39.8 Å². The summed E-state index contributed by atoms with van der Waals surface area (Å²) in [6.07, 6.45) is 0. The molecule has 25 heavy (non-hydrogen) atoms. The molecule has 0 radical (unpaired) electrons. The fourth-order valence-corrected chi connectivity index (χ4v) is 2.41. The normalized spacial score (nSPS) is 11.5. The highest BCUT2D eigenvalue weighted by Crippen LogP contribution is 2.19. The number of guanidine groups is 1. The Labute approximate surface area is 149 Å². The molecule has 2 N–H and O–H groups in total. The van der Waals surface area contributed by atoms with Crippen molar-refractivity contribution in [3.63, 3.8) is 0 Å². The molecule has 0 aliphatic rings. The van der Waals surface area contributed by atoms with Crippen molar-refractivity contribution in [2.24, 2.45) is 4.99 Å². The van der Waals surface area contributed by atoms with Gasteiger partial charge in [0.25, 0.3) is 0 Å². The molecular formula is C19H28N4O2. The van der Waals surface area contributed by atoms with Gasteiger partial charge in [-0.2, -0.15) is 0 Å².